The lowest BCUT2D eigenvalue weighted by Crippen LogP contribution is -2.42. The molecule has 0 fully saturated rings. The summed E-state index contributed by atoms with van der Waals surface area (Å²) in [6.07, 6.45) is 1.51. The molecule has 104 valence electrons. The molecule has 0 bridgehead atoms. The van der Waals surface area contributed by atoms with Crippen LogP contribution in [0.4, 0.5) is 0 Å². The van der Waals surface area contributed by atoms with E-state index in [-0.39, 0.29) is 12.0 Å². The number of carbonyl (C=O) groups is 1. The monoisotopic (exact) mass is 287 g/mol. The molecule has 0 saturated heterocycles. The minimum absolute atomic E-state index is 0.143. The maximum atomic E-state index is 12.1. The van der Waals surface area contributed by atoms with Crippen molar-refractivity contribution in [3.05, 3.63) is 57.8 Å². The first-order chi connectivity index (χ1) is 9.83. The number of hydrogen-bond donors (Lipinski definition) is 1. The normalized spacial score (nSPS) is 17.5. The van der Waals surface area contributed by atoms with Crippen LogP contribution in [0.25, 0.3) is 0 Å². The lowest BCUT2D eigenvalue weighted by atomic mass is 9.96. The van der Waals surface area contributed by atoms with E-state index in [2.05, 4.69) is 23.5 Å². The average molecular weight is 287 g/mol. The van der Waals surface area contributed by atoms with Gasteiger partial charge in [0.05, 0.1) is 6.61 Å². The predicted molar refractivity (Wildman–Crippen MR) is 79.8 cm³/mol. The molecule has 4 heteroatoms. The van der Waals surface area contributed by atoms with E-state index in [1.807, 2.05) is 23.6 Å². The molecule has 0 radical (unpaired) electrons. The standard InChI is InChI=1S/C16H17NO2S/c18-16(19-8-7-14-6-3-9-20-14)15-10-12-4-1-2-5-13(12)11-17-15/h1-6,9,15,17H,7-8,10-11H2/t15-/m0/s1. The fraction of sp³-hybridized carbons (Fsp3) is 0.312. The highest BCUT2D eigenvalue weighted by Gasteiger charge is 2.24. The van der Waals surface area contributed by atoms with E-state index < -0.39 is 0 Å². The molecule has 2 heterocycles. The van der Waals surface area contributed by atoms with Gasteiger partial charge in [0, 0.05) is 17.8 Å². The second-order valence-electron chi connectivity index (χ2n) is 4.90. The molecular formula is C16H17NO2S. The second kappa shape index (κ2) is 6.20. The molecule has 1 aliphatic heterocycles. The van der Waals surface area contributed by atoms with Crippen LogP contribution < -0.4 is 5.32 Å². The maximum absolute atomic E-state index is 12.1. The molecule has 3 rings (SSSR count). The highest BCUT2D eigenvalue weighted by atomic mass is 32.1. The Morgan fingerprint density at radius 3 is 2.90 bits per heavy atom. The van der Waals surface area contributed by atoms with E-state index in [1.54, 1.807) is 11.3 Å². The third kappa shape index (κ3) is 3.08. The Bertz CT molecular complexity index is 580. The van der Waals surface area contributed by atoms with Gasteiger partial charge in [-0.2, -0.15) is 0 Å². The number of hydrogen-bond acceptors (Lipinski definition) is 4. The van der Waals surface area contributed by atoms with E-state index in [4.69, 9.17) is 4.74 Å². The van der Waals surface area contributed by atoms with Crippen LogP contribution in [0.2, 0.25) is 0 Å². The largest absolute Gasteiger partial charge is 0.464 e. The predicted octanol–water partition coefficient (Wildman–Crippen LogP) is 2.55. The number of ether oxygens (including phenoxy) is 1. The first kappa shape index (κ1) is 13.3. The van der Waals surface area contributed by atoms with Crippen LogP contribution in [-0.2, 0) is 28.9 Å². The van der Waals surface area contributed by atoms with Crippen molar-refractivity contribution in [3.63, 3.8) is 0 Å². The minimum Gasteiger partial charge on any atom is -0.464 e. The highest BCUT2D eigenvalue weighted by Crippen LogP contribution is 2.17. The topological polar surface area (TPSA) is 38.3 Å². The Labute approximate surface area is 122 Å². The first-order valence-corrected chi connectivity index (χ1v) is 7.70. The number of fused-ring (bicyclic) bond motifs is 1. The van der Waals surface area contributed by atoms with Gasteiger partial charge in [0.1, 0.15) is 6.04 Å². The third-order valence-electron chi connectivity index (χ3n) is 3.54. The van der Waals surface area contributed by atoms with Crippen LogP contribution in [0.5, 0.6) is 0 Å². The number of esters is 1. The van der Waals surface area contributed by atoms with Gasteiger partial charge in [0.25, 0.3) is 0 Å². The van der Waals surface area contributed by atoms with Gasteiger partial charge >= 0.3 is 5.97 Å². The number of nitrogens with one attached hydrogen (secondary N) is 1. The zero-order chi connectivity index (χ0) is 13.8. The summed E-state index contributed by atoms with van der Waals surface area (Å²) in [5.41, 5.74) is 2.52. The Morgan fingerprint density at radius 1 is 1.25 bits per heavy atom. The lowest BCUT2D eigenvalue weighted by Gasteiger charge is -2.24. The fourth-order valence-electron chi connectivity index (χ4n) is 2.43. The van der Waals surface area contributed by atoms with Crippen molar-refractivity contribution < 1.29 is 9.53 Å². The van der Waals surface area contributed by atoms with Crippen molar-refractivity contribution in [1.29, 1.82) is 0 Å². The SMILES string of the molecule is O=C(OCCc1cccs1)[C@@H]1Cc2ccccc2CN1. The molecular weight excluding hydrogens is 270 g/mol. The van der Waals surface area contributed by atoms with Crippen LogP contribution in [0, 0.1) is 0 Å². The molecule has 1 aliphatic rings. The molecule has 3 nitrogen and oxygen atoms in total. The Morgan fingerprint density at radius 2 is 2.10 bits per heavy atom. The van der Waals surface area contributed by atoms with Crippen LogP contribution in [0.15, 0.2) is 41.8 Å². The van der Waals surface area contributed by atoms with Gasteiger partial charge in [-0.15, -0.1) is 11.3 Å². The number of rotatable bonds is 4. The van der Waals surface area contributed by atoms with Gasteiger partial charge in [-0.05, 0) is 29.0 Å². The van der Waals surface area contributed by atoms with Crippen LogP contribution in [0.1, 0.15) is 16.0 Å². The third-order valence-corrected chi connectivity index (χ3v) is 4.47. The molecule has 2 aromatic rings. The summed E-state index contributed by atoms with van der Waals surface area (Å²) in [7, 11) is 0. The van der Waals surface area contributed by atoms with Crippen molar-refractivity contribution >= 4 is 17.3 Å². The van der Waals surface area contributed by atoms with Gasteiger partial charge in [-0.3, -0.25) is 4.79 Å². The molecule has 0 amide bonds. The average Bonchev–Trinajstić information content (AvgIpc) is 3.00. The van der Waals surface area contributed by atoms with Crippen LogP contribution in [0.3, 0.4) is 0 Å². The lowest BCUT2D eigenvalue weighted by molar-refractivity contribution is -0.146. The molecule has 1 N–H and O–H groups in total. The van der Waals surface area contributed by atoms with Gasteiger partial charge in [-0.1, -0.05) is 30.3 Å². The van der Waals surface area contributed by atoms with E-state index in [0.717, 1.165) is 13.0 Å². The zero-order valence-corrected chi connectivity index (χ0v) is 12.0. The van der Waals surface area contributed by atoms with Crippen molar-refractivity contribution in [1.82, 2.24) is 5.32 Å². The van der Waals surface area contributed by atoms with Crippen LogP contribution in [-0.4, -0.2) is 18.6 Å². The summed E-state index contributed by atoms with van der Waals surface area (Å²) >= 11 is 1.69. The van der Waals surface area contributed by atoms with E-state index >= 15 is 0 Å². The summed E-state index contributed by atoms with van der Waals surface area (Å²) in [6, 6.07) is 12.1. The molecule has 0 unspecified atom stereocenters. The van der Waals surface area contributed by atoms with E-state index in [1.165, 1.54) is 16.0 Å². The molecule has 1 aromatic carbocycles. The molecule has 1 atom stereocenters. The Hall–Kier alpha value is -1.65. The highest BCUT2D eigenvalue weighted by molar-refractivity contribution is 7.09. The summed E-state index contributed by atoms with van der Waals surface area (Å²) in [5.74, 6) is -0.143. The number of carbonyl (C=O) groups excluding carboxylic acids is 1. The molecule has 20 heavy (non-hydrogen) atoms. The second-order valence-corrected chi connectivity index (χ2v) is 5.94. The fourth-order valence-corrected chi connectivity index (χ4v) is 3.12. The smallest absolute Gasteiger partial charge is 0.323 e. The summed E-state index contributed by atoms with van der Waals surface area (Å²) < 4.78 is 5.38. The van der Waals surface area contributed by atoms with Gasteiger partial charge in [0.15, 0.2) is 0 Å². The molecule has 0 aliphatic carbocycles. The van der Waals surface area contributed by atoms with Gasteiger partial charge in [-0.25, -0.2) is 0 Å². The van der Waals surface area contributed by atoms with Crippen LogP contribution >= 0.6 is 11.3 Å². The van der Waals surface area contributed by atoms with Crippen molar-refractivity contribution in [2.75, 3.05) is 6.61 Å². The Balaban J connectivity index is 1.51. The zero-order valence-electron chi connectivity index (χ0n) is 11.2. The van der Waals surface area contributed by atoms with Crippen molar-refractivity contribution in [2.45, 2.75) is 25.4 Å². The molecule has 1 aromatic heterocycles. The number of benzene rings is 1. The molecule has 0 spiro atoms. The number of thiophene rings is 1. The quantitative estimate of drug-likeness (QED) is 0.878. The van der Waals surface area contributed by atoms with Gasteiger partial charge in [0.2, 0.25) is 0 Å². The maximum Gasteiger partial charge on any atom is 0.323 e. The first-order valence-electron chi connectivity index (χ1n) is 6.82. The van der Waals surface area contributed by atoms with E-state index in [9.17, 15) is 4.79 Å². The minimum atomic E-state index is -0.215. The Kier molecular flexibility index (Phi) is 4.14. The molecule has 0 saturated carbocycles. The summed E-state index contributed by atoms with van der Waals surface area (Å²) in [6.45, 7) is 1.19. The summed E-state index contributed by atoms with van der Waals surface area (Å²) in [5, 5.41) is 5.29. The van der Waals surface area contributed by atoms with Crippen molar-refractivity contribution in [3.8, 4) is 0 Å². The van der Waals surface area contributed by atoms with E-state index in [0.29, 0.717) is 13.0 Å². The van der Waals surface area contributed by atoms with Gasteiger partial charge < -0.3 is 10.1 Å². The van der Waals surface area contributed by atoms with Crippen molar-refractivity contribution in [2.24, 2.45) is 0 Å². The summed E-state index contributed by atoms with van der Waals surface area (Å²) in [4.78, 5) is 13.3.